The monoisotopic (exact) mass is 414 g/mol. The van der Waals surface area contributed by atoms with Gasteiger partial charge in [0.2, 0.25) is 0 Å². The van der Waals surface area contributed by atoms with E-state index in [1.54, 1.807) is 0 Å². The van der Waals surface area contributed by atoms with Crippen molar-refractivity contribution in [2.75, 3.05) is 27.2 Å². The molecule has 0 rings (SSSR count). The molecule has 14 heteroatoms. The van der Waals surface area contributed by atoms with Crippen molar-refractivity contribution in [2.45, 2.75) is 31.3 Å². The van der Waals surface area contributed by atoms with Gasteiger partial charge in [-0.3, -0.25) is 0 Å². The van der Waals surface area contributed by atoms with Gasteiger partial charge in [-0.15, -0.1) is 0 Å². The fourth-order valence-electron chi connectivity index (χ4n) is 1.00. The average Bonchev–Trinajstić information content (AvgIpc) is 2.25. The summed E-state index contributed by atoms with van der Waals surface area (Å²) in [7, 11) is -8.10. The number of nitrogens with zero attached hydrogens (tertiary/aromatic N) is 1. The molecular weight excluding hydrogens is 395 g/mol. The van der Waals surface area contributed by atoms with Crippen LogP contribution in [0.25, 0.3) is 0 Å². The Labute approximate surface area is 132 Å². The van der Waals surface area contributed by atoms with Gasteiger partial charge in [-0.1, -0.05) is 6.92 Å². The lowest BCUT2D eigenvalue weighted by atomic mass is 10.4. The van der Waals surface area contributed by atoms with Gasteiger partial charge in [-0.25, -0.2) is 16.8 Å². The van der Waals surface area contributed by atoms with E-state index in [0.29, 0.717) is 0 Å². The third kappa shape index (κ3) is 9.06. The molecule has 0 bridgehead atoms. The molecule has 0 atom stereocenters. The Hall–Kier alpha value is -0.130. The maximum atomic E-state index is 11.5. The molecular formula is C9H19F6NO4PS2+. The smallest absolute Gasteiger partial charge is 0.329 e. The van der Waals surface area contributed by atoms with E-state index in [1.165, 1.54) is 19.5 Å². The number of halogens is 6. The second-order valence-electron chi connectivity index (χ2n) is 4.96. The van der Waals surface area contributed by atoms with E-state index in [1.807, 2.05) is 0 Å². The lowest BCUT2D eigenvalue weighted by Crippen LogP contribution is -2.39. The molecule has 0 saturated heterocycles. The number of alkyl halides is 6. The molecule has 0 amide bonds. The second-order valence-corrected chi connectivity index (χ2v) is 13.3. The molecule has 0 aliphatic rings. The topological polar surface area (TPSA) is 68.3 Å². The van der Waals surface area contributed by atoms with Gasteiger partial charge in [0.25, 0.3) is 18.9 Å². The van der Waals surface area contributed by atoms with Crippen LogP contribution in [0.5, 0.6) is 0 Å². The highest BCUT2D eigenvalue weighted by atomic mass is 33.1. The van der Waals surface area contributed by atoms with E-state index in [9.17, 15) is 43.2 Å². The molecule has 0 unspecified atom stereocenters. The summed E-state index contributed by atoms with van der Waals surface area (Å²) in [5.41, 5.74) is -12.0. The summed E-state index contributed by atoms with van der Waals surface area (Å²) in [5.74, 6) is 0. The second kappa shape index (κ2) is 8.30. The molecule has 5 nitrogen and oxygen atoms in total. The van der Waals surface area contributed by atoms with Crippen LogP contribution in [-0.2, 0) is 18.9 Å². The van der Waals surface area contributed by atoms with Crippen molar-refractivity contribution >= 4 is 25.9 Å². The molecule has 0 N–H and O–H groups in total. The predicted octanol–water partition coefficient (Wildman–Crippen LogP) is 2.86. The van der Waals surface area contributed by atoms with Gasteiger partial charge in [-0.2, -0.15) is 26.3 Å². The molecule has 0 aromatic rings. The molecule has 0 spiro atoms. The highest BCUT2D eigenvalue weighted by Gasteiger charge is 2.55. The molecule has 0 heterocycles. The van der Waals surface area contributed by atoms with Gasteiger partial charge < -0.3 is 4.48 Å². The van der Waals surface area contributed by atoms with Crippen LogP contribution in [0.1, 0.15) is 20.3 Å². The lowest BCUT2D eigenvalue weighted by Gasteiger charge is -2.27. The van der Waals surface area contributed by atoms with E-state index >= 15 is 0 Å². The summed E-state index contributed by atoms with van der Waals surface area (Å²) < 4.78 is 111. The Kier molecular flexibility index (Phi) is 9.07. The molecule has 0 aliphatic carbocycles. The molecule has 0 aliphatic heterocycles. The van der Waals surface area contributed by atoms with E-state index < -0.39 is 36.9 Å². The number of hydrogen-bond acceptors (Lipinski definition) is 4. The fraction of sp³-hybridized carbons (Fsp3) is 1.00. The molecule has 0 aromatic heterocycles. The molecule has 0 saturated carbocycles. The van der Waals surface area contributed by atoms with Crippen molar-refractivity contribution in [1.29, 1.82) is 0 Å². The zero-order chi connectivity index (χ0) is 19.3. The predicted molar refractivity (Wildman–Crippen MR) is 76.1 cm³/mol. The first-order chi connectivity index (χ1) is 9.83. The largest absolute Gasteiger partial charge is 0.501 e. The lowest BCUT2D eigenvalue weighted by molar-refractivity contribution is -0.888. The summed E-state index contributed by atoms with van der Waals surface area (Å²) in [4.78, 5) is 0. The molecule has 23 heavy (non-hydrogen) atoms. The van der Waals surface area contributed by atoms with Gasteiger partial charge in [-0.05, 0) is 13.3 Å². The zero-order valence-corrected chi connectivity index (χ0v) is 15.4. The van der Waals surface area contributed by atoms with Crippen molar-refractivity contribution in [3.05, 3.63) is 0 Å². The van der Waals surface area contributed by atoms with E-state index in [4.69, 9.17) is 0 Å². The number of rotatable bonds is 5. The minimum absolute atomic E-state index is 1.16. The van der Waals surface area contributed by atoms with Crippen LogP contribution in [0.15, 0.2) is 0 Å². The molecule has 0 radical (unpaired) electrons. The van der Waals surface area contributed by atoms with Gasteiger partial charge in [0.15, 0.2) is 0 Å². The van der Waals surface area contributed by atoms with Crippen molar-refractivity contribution in [3.8, 4) is 0 Å². The van der Waals surface area contributed by atoms with Gasteiger partial charge in [0.1, 0.15) is 6.98 Å². The average molecular weight is 414 g/mol. The van der Waals surface area contributed by atoms with Crippen LogP contribution in [0.2, 0.25) is 0 Å². The minimum atomic E-state index is -6.32. The summed E-state index contributed by atoms with van der Waals surface area (Å²) in [5, 5.41) is 0. The van der Waals surface area contributed by atoms with Crippen molar-refractivity contribution in [3.63, 3.8) is 0 Å². The van der Waals surface area contributed by atoms with Crippen LogP contribution >= 0.6 is 6.98 Å². The van der Waals surface area contributed by atoms with Crippen LogP contribution < -0.4 is 0 Å². The highest BCUT2D eigenvalue weighted by Crippen LogP contribution is 2.46. The summed E-state index contributed by atoms with van der Waals surface area (Å²) >= 11 is 0. The fourth-order valence-corrected chi connectivity index (χ4v) is 7.21. The number of quaternary nitrogens is 1. The zero-order valence-electron chi connectivity index (χ0n) is 12.8. The standard InChI is InChI=1S/C7H18N.C2HF6O4PS2/c1-5-7-8(3,4)6-2;3-1(4,5)14(9,10)13-15(11,12)2(6,7)8/h5-7H2,1-4H3;13H/q+1;. The normalized spacial score (nSPS) is 14.2. The van der Waals surface area contributed by atoms with E-state index in [2.05, 4.69) is 27.9 Å². The van der Waals surface area contributed by atoms with Crippen molar-refractivity contribution in [2.24, 2.45) is 0 Å². The van der Waals surface area contributed by atoms with Gasteiger partial charge >= 0.3 is 11.0 Å². The quantitative estimate of drug-likeness (QED) is 0.394. The van der Waals surface area contributed by atoms with E-state index in [0.717, 1.165) is 4.48 Å². The first-order valence-corrected chi connectivity index (χ1v) is 11.5. The van der Waals surface area contributed by atoms with E-state index in [-0.39, 0.29) is 0 Å². The van der Waals surface area contributed by atoms with Crippen LogP contribution in [0, 0.1) is 0 Å². The SMILES string of the molecule is CCC[N+](C)(C)CC.O=S(=O)(PS(=O)(=O)C(F)(F)F)C(F)(F)F. The van der Waals surface area contributed by atoms with Crippen LogP contribution in [0.4, 0.5) is 26.3 Å². The van der Waals surface area contributed by atoms with Gasteiger partial charge in [0.05, 0.1) is 27.2 Å². The first kappa shape index (κ1) is 25.1. The van der Waals surface area contributed by atoms with Gasteiger partial charge in [0, 0.05) is 0 Å². The summed E-state index contributed by atoms with van der Waals surface area (Å²) in [6, 6.07) is 0. The van der Waals surface area contributed by atoms with Crippen LogP contribution in [0.3, 0.4) is 0 Å². The first-order valence-electron chi connectivity index (χ1n) is 6.06. The maximum absolute atomic E-state index is 11.5. The molecule has 142 valence electrons. The Morgan fingerprint density at radius 1 is 0.826 bits per heavy atom. The third-order valence-electron chi connectivity index (χ3n) is 2.51. The Bertz CT molecular complexity index is 526. The summed E-state index contributed by atoms with van der Waals surface area (Å²) in [6.45, 7) is 3.69. The van der Waals surface area contributed by atoms with Crippen LogP contribution in [-0.4, -0.2) is 59.5 Å². The maximum Gasteiger partial charge on any atom is 0.501 e. The summed E-state index contributed by atoms with van der Waals surface area (Å²) in [6.07, 6.45) is 1.29. The number of hydrogen-bond donors (Lipinski definition) is 0. The molecule has 0 fully saturated rings. The van der Waals surface area contributed by atoms with Crippen molar-refractivity contribution in [1.82, 2.24) is 0 Å². The minimum Gasteiger partial charge on any atom is -0.329 e. The third-order valence-corrected chi connectivity index (χ3v) is 10.8. The Balaban J connectivity index is 0. The highest BCUT2D eigenvalue weighted by molar-refractivity contribution is 8.76. The molecule has 0 aromatic carbocycles. The Morgan fingerprint density at radius 3 is 1.26 bits per heavy atom. The Morgan fingerprint density at radius 2 is 1.13 bits per heavy atom. The van der Waals surface area contributed by atoms with Crippen molar-refractivity contribution < 1.29 is 47.7 Å².